The van der Waals surface area contributed by atoms with Crippen LogP contribution in [0.3, 0.4) is 0 Å². The molecule has 0 fully saturated rings. The van der Waals surface area contributed by atoms with Crippen molar-refractivity contribution in [3.8, 4) is 0 Å². The minimum atomic E-state index is 0.253. The van der Waals surface area contributed by atoms with Gasteiger partial charge in [-0.25, -0.2) is 4.98 Å². The van der Waals surface area contributed by atoms with E-state index in [1.54, 1.807) is 6.20 Å². The molecular formula is C13H24N4. The maximum atomic E-state index is 4.44. The van der Waals surface area contributed by atoms with Crippen molar-refractivity contribution < 1.29 is 0 Å². The molecule has 0 aliphatic heterocycles. The predicted octanol–water partition coefficient (Wildman–Crippen LogP) is 2.64. The highest BCUT2D eigenvalue weighted by molar-refractivity contribution is 5.40. The highest BCUT2D eigenvalue weighted by Gasteiger charge is 2.22. The minimum absolute atomic E-state index is 0.253. The summed E-state index contributed by atoms with van der Waals surface area (Å²) in [5.41, 5.74) is 0.253. The molecule has 0 bridgehead atoms. The van der Waals surface area contributed by atoms with Gasteiger partial charge in [0.15, 0.2) is 0 Å². The summed E-state index contributed by atoms with van der Waals surface area (Å²) < 4.78 is 0. The summed E-state index contributed by atoms with van der Waals surface area (Å²) in [6.07, 6.45) is 1.78. The molecule has 4 nitrogen and oxygen atoms in total. The molecule has 1 aromatic rings. The van der Waals surface area contributed by atoms with Crippen LogP contribution in [0.15, 0.2) is 12.3 Å². The van der Waals surface area contributed by atoms with E-state index in [-0.39, 0.29) is 5.41 Å². The summed E-state index contributed by atoms with van der Waals surface area (Å²) >= 11 is 0. The summed E-state index contributed by atoms with van der Waals surface area (Å²) in [6.45, 7) is 9.92. The SMILES string of the molecule is CC(C)C(C)(C)CNc1ccnc(N(C)C)n1. The molecule has 0 spiro atoms. The Kier molecular flexibility index (Phi) is 4.32. The summed E-state index contributed by atoms with van der Waals surface area (Å²) in [5, 5.41) is 3.38. The molecule has 0 saturated carbocycles. The Labute approximate surface area is 104 Å². The van der Waals surface area contributed by atoms with E-state index in [0.717, 1.165) is 18.3 Å². The first-order chi connectivity index (χ1) is 7.83. The van der Waals surface area contributed by atoms with E-state index in [1.807, 2.05) is 25.1 Å². The molecule has 4 heteroatoms. The molecule has 1 rings (SSSR count). The Balaban J connectivity index is 2.67. The van der Waals surface area contributed by atoms with Crippen molar-refractivity contribution in [1.29, 1.82) is 0 Å². The lowest BCUT2D eigenvalue weighted by Crippen LogP contribution is -2.29. The van der Waals surface area contributed by atoms with Gasteiger partial charge in [0, 0.05) is 26.8 Å². The first-order valence-electron chi connectivity index (χ1n) is 6.07. The summed E-state index contributed by atoms with van der Waals surface area (Å²) in [5.74, 6) is 2.25. The summed E-state index contributed by atoms with van der Waals surface area (Å²) in [7, 11) is 3.88. The molecule has 0 aliphatic rings. The van der Waals surface area contributed by atoms with E-state index in [2.05, 4.69) is 43.0 Å². The predicted molar refractivity (Wildman–Crippen MR) is 73.5 cm³/mol. The molecule has 0 atom stereocenters. The van der Waals surface area contributed by atoms with E-state index in [1.165, 1.54) is 0 Å². The van der Waals surface area contributed by atoms with Crippen molar-refractivity contribution in [1.82, 2.24) is 9.97 Å². The molecule has 0 radical (unpaired) electrons. The highest BCUT2D eigenvalue weighted by atomic mass is 15.2. The Bertz CT molecular complexity index is 358. The van der Waals surface area contributed by atoms with Crippen LogP contribution in [0.2, 0.25) is 0 Å². The van der Waals surface area contributed by atoms with Crippen molar-refractivity contribution in [2.45, 2.75) is 27.7 Å². The van der Waals surface area contributed by atoms with Gasteiger partial charge >= 0.3 is 0 Å². The Morgan fingerprint density at radius 1 is 1.35 bits per heavy atom. The van der Waals surface area contributed by atoms with E-state index in [0.29, 0.717) is 5.92 Å². The van der Waals surface area contributed by atoms with E-state index >= 15 is 0 Å². The van der Waals surface area contributed by atoms with Gasteiger partial charge in [-0.3, -0.25) is 0 Å². The van der Waals surface area contributed by atoms with Gasteiger partial charge in [0.25, 0.3) is 0 Å². The van der Waals surface area contributed by atoms with Crippen molar-refractivity contribution in [2.24, 2.45) is 11.3 Å². The number of hydrogen-bond donors (Lipinski definition) is 1. The van der Waals surface area contributed by atoms with Crippen LogP contribution in [0.25, 0.3) is 0 Å². The molecular weight excluding hydrogens is 212 g/mol. The second-order valence-corrected chi connectivity index (χ2v) is 5.63. The summed E-state index contributed by atoms with van der Waals surface area (Å²) in [4.78, 5) is 10.5. The fourth-order valence-electron chi connectivity index (χ4n) is 1.18. The lowest BCUT2D eigenvalue weighted by molar-refractivity contribution is 0.269. The number of hydrogen-bond acceptors (Lipinski definition) is 4. The van der Waals surface area contributed by atoms with Gasteiger partial charge in [0.05, 0.1) is 0 Å². The first-order valence-corrected chi connectivity index (χ1v) is 6.07. The van der Waals surface area contributed by atoms with Gasteiger partial charge in [0.1, 0.15) is 5.82 Å². The van der Waals surface area contributed by atoms with E-state index < -0.39 is 0 Å². The third-order valence-corrected chi connectivity index (χ3v) is 3.33. The zero-order valence-electron chi connectivity index (χ0n) is 11.8. The zero-order chi connectivity index (χ0) is 13.1. The second-order valence-electron chi connectivity index (χ2n) is 5.63. The van der Waals surface area contributed by atoms with Gasteiger partial charge in [-0.15, -0.1) is 0 Å². The Morgan fingerprint density at radius 2 is 2.00 bits per heavy atom. The molecule has 96 valence electrons. The Hall–Kier alpha value is -1.32. The van der Waals surface area contributed by atoms with Crippen LogP contribution in [-0.2, 0) is 0 Å². The van der Waals surface area contributed by atoms with Crippen molar-refractivity contribution in [2.75, 3.05) is 30.9 Å². The average molecular weight is 236 g/mol. The first kappa shape index (κ1) is 13.7. The van der Waals surface area contributed by atoms with E-state index in [4.69, 9.17) is 0 Å². The highest BCUT2D eigenvalue weighted by Crippen LogP contribution is 2.26. The van der Waals surface area contributed by atoms with Gasteiger partial charge in [0.2, 0.25) is 5.95 Å². The van der Waals surface area contributed by atoms with Gasteiger partial charge < -0.3 is 10.2 Å². The molecule has 17 heavy (non-hydrogen) atoms. The summed E-state index contributed by atoms with van der Waals surface area (Å²) in [6, 6.07) is 1.91. The molecule has 1 N–H and O–H groups in total. The van der Waals surface area contributed by atoms with Gasteiger partial charge in [-0.05, 0) is 17.4 Å². The monoisotopic (exact) mass is 236 g/mol. The van der Waals surface area contributed by atoms with Crippen LogP contribution in [0, 0.1) is 11.3 Å². The van der Waals surface area contributed by atoms with Crippen LogP contribution >= 0.6 is 0 Å². The second kappa shape index (κ2) is 5.34. The quantitative estimate of drug-likeness (QED) is 0.853. The number of aromatic nitrogens is 2. The maximum absolute atomic E-state index is 4.44. The lowest BCUT2D eigenvalue weighted by Gasteiger charge is -2.29. The van der Waals surface area contributed by atoms with Crippen LogP contribution in [-0.4, -0.2) is 30.6 Å². The molecule has 0 unspecified atom stereocenters. The largest absolute Gasteiger partial charge is 0.369 e. The smallest absolute Gasteiger partial charge is 0.226 e. The normalized spacial score (nSPS) is 11.7. The van der Waals surface area contributed by atoms with Crippen molar-refractivity contribution in [3.05, 3.63) is 12.3 Å². The maximum Gasteiger partial charge on any atom is 0.226 e. The molecule has 0 aromatic carbocycles. The van der Waals surface area contributed by atoms with Crippen LogP contribution in [0.4, 0.5) is 11.8 Å². The lowest BCUT2D eigenvalue weighted by atomic mass is 9.81. The molecule has 0 saturated heterocycles. The number of nitrogens with one attached hydrogen (secondary N) is 1. The number of anilines is 2. The van der Waals surface area contributed by atoms with E-state index in [9.17, 15) is 0 Å². The van der Waals surface area contributed by atoms with Gasteiger partial charge in [-0.1, -0.05) is 27.7 Å². The third-order valence-electron chi connectivity index (χ3n) is 3.33. The van der Waals surface area contributed by atoms with Crippen LogP contribution in [0.1, 0.15) is 27.7 Å². The fourth-order valence-corrected chi connectivity index (χ4v) is 1.18. The molecule has 1 heterocycles. The fraction of sp³-hybridized carbons (Fsp3) is 0.692. The van der Waals surface area contributed by atoms with Crippen molar-refractivity contribution >= 4 is 11.8 Å². The topological polar surface area (TPSA) is 41.1 Å². The molecule has 1 aromatic heterocycles. The standard InChI is InChI=1S/C13H24N4/c1-10(2)13(3,4)9-15-11-7-8-14-12(16-11)17(5)6/h7-8,10H,9H2,1-6H3,(H,14,15,16). The number of rotatable bonds is 5. The van der Waals surface area contributed by atoms with Crippen LogP contribution in [0.5, 0.6) is 0 Å². The number of nitrogens with zero attached hydrogens (tertiary/aromatic N) is 3. The third kappa shape index (κ3) is 3.88. The molecule has 0 amide bonds. The minimum Gasteiger partial charge on any atom is -0.369 e. The van der Waals surface area contributed by atoms with Gasteiger partial charge in [-0.2, -0.15) is 4.98 Å². The van der Waals surface area contributed by atoms with Crippen LogP contribution < -0.4 is 10.2 Å². The average Bonchev–Trinajstić information content (AvgIpc) is 2.26. The Morgan fingerprint density at radius 3 is 2.53 bits per heavy atom. The molecule has 0 aliphatic carbocycles. The zero-order valence-corrected chi connectivity index (χ0v) is 11.8. The van der Waals surface area contributed by atoms with Crippen molar-refractivity contribution in [3.63, 3.8) is 0 Å².